The van der Waals surface area contributed by atoms with Gasteiger partial charge in [0.25, 0.3) is 0 Å². The highest BCUT2D eigenvalue weighted by molar-refractivity contribution is 7.91. The number of halogens is 3. The summed E-state index contributed by atoms with van der Waals surface area (Å²) in [5.41, 5.74) is 2.33. The number of benzene rings is 1. The maximum absolute atomic E-state index is 13.5. The fourth-order valence-corrected chi connectivity index (χ4v) is 6.94. The molecule has 4 heterocycles. The van der Waals surface area contributed by atoms with Crippen molar-refractivity contribution in [2.45, 2.75) is 57.4 Å². The fraction of sp³-hybridized carbons (Fsp3) is 0.500. The summed E-state index contributed by atoms with van der Waals surface area (Å²) in [6.45, 7) is 6.32. The first-order chi connectivity index (χ1) is 22.4. The zero-order chi connectivity index (χ0) is 33.6. The van der Waals surface area contributed by atoms with Crippen LogP contribution in [0.4, 0.5) is 18.9 Å². The molecular weight excluding hydrogens is 627 g/mol. The summed E-state index contributed by atoms with van der Waals surface area (Å²) in [6.07, 6.45) is -1.15. The molecule has 1 aromatic carbocycles. The highest BCUT2D eigenvalue weighted by Crippen LogP contribution is 2.27. The summed E-state index contributed by atoms with van der Waals surface area (Å²) in [5.74, 6) is 7.21. The van der Waals surface area contributed by atoms with Gasteiger partial charge in [-0.15, -0.1) is 0 Å². The van der Waals surface area contributed by atoms with Crippen LogP contribution in [-0.4, -0.2) is 92.8 Å². The highest BCUT2D eigenvalue weighted by atomic mass is 32.2. The lowest BCUT2D eigenvalue weighted by atomic mass is 9.91. The number of anilines is 1. The average molecular weight is 668 g/mol. The zero-order valence-electron chi connectivity index (χ0n) is 26.7. The molecule has 0 unspecified atom stereocenters. The molecule has 250 valence electrons. The van der Waals surface area contributed by atoms with Crippen molar-refractivity contribution in [3.63, 3.8) is 0 Å². The van der Waals surface area contributed by atoms with Crippen LogP contribution in [0.1, 0.15) is 43.6 Å². The van der Waals surface area contributed by atoms with Gasteiger partial charge in [-0.25, -0.2) is 0 Å². The van der Waals surface area contributed by atoms with E-state index >= 15 is 0 Å². The van der Waals surface area contributed by atoms with Crippen molar-refractivity contribution in [3.8, 4) is 17.9 Å². The van der Waals surface area contributed by atoms with Gasteiger partial charge in [0.05, 0.1) is 47.8 Å². The molecule has 2 aromatic heterocycles. The summed E-state index contributed by atoms with van der Waals surface area (Å²) < 4.78 is 53.4. The lowest BCUT2D eigenvalue weighted by Crippen LogP contribution is -2.50. The molecule has 0 bridgehead atoms. The maximum Gasteiger partial charge on any atom is 0.406 e. The molecule has 0 spiro atoms. The van der Waals surface area contributed by atoms with Crippen LogP contribution in [-0.2, 0) is 34.5 Å². The number of rotatable bonds is 9. The van der Waals surface area contributed by atoms with Crippen LogP contribution in [0.25, 0.3) is 10.9 Å². The predicted molar refractivity (Wildman–Crippen MR) is 177 cm³/mol. The zero-order valence-corrected chi connectivity index (χ0v) is 27.5. The van der Waals surface area contributed by atoms with Gasteiger partial charge in [-0.2, -0.15) is 18.4 Å². The quantitative estimate of drug-likeness (QED) is 0.262. The van der Waals surface area contributed by atoms with Crippen molar-refractivity contribution in [1.82, 2.24) is 24.7 Å². The summed E-state index contributed by atoms with van der Waals surface area (Å²) in [4.78, 5) is 21.1. The molecule has 47 heavy (non-hydrogen) atoms. The Balaban J connectivity index is 1.17. The van der Waals surface area contributed by atoms with E-state index < -0.39 is 29.3 Å². The van der Waals surface area contributed by atoms with E-state index in [2.05, 4.69) is 38.4 Å². The van der Waals surface area contributed by atoms with Crippen molar-refractivity contribution >= 4 is 33.7 Å². The monoisotopic (exact) mass is 667 g/mol. The smallest absolute Gasteiger partial charge is 0.406 e. The van der Waals surface area contributed by atoms with Crippen LogP contribution in [0.15, 0.2) is 42.6 Å². The van der Waals surface area contributed by atoms with E-state index in [0.29, 0.717) is 73.1 Å². The third-order valence-corrected chi connectivity index (χ3v) is 9.93. The first-order valence-corrected chi connectivity index (χ1v) is 17.3. The van der Waals surface area contributed by atoms with E-state index in [0.717, 1.165) is 18.4 Å². The lowest BCUT2D eigenvalue weighted by Gasteiger charge is -2.35. The van der Waals surface area contributed by atoms with Crippen LogP contribution in [0.3, 0.4) is 0 Å². The Morgan fingerprint density at radius 2 is 1.85 bits per heavy atom. The number of carbonyl (C=O) groups is 1. The molecule has 9 nitrogen and oxygen atoms in total. The van der Waals surface area contributed by atoms with Gasteiger partial charge < -0.3 is 24.7 Å². The number of piperidine rings is 1. The van der Waals surface area contributed by atoms with Gasteiger partial charge in [0, 0.05) is 49.7 Å². The molecule has 2 aliphatic rings. The van der Waals surface area contributed by atoms with Gasteiger partial charge in [-0.1, -0.05) is 23.2 Å². The largest absolute Gasteiger partial charge is 0.616 e. The molecule has 5 rings (SSSR count). The number of pyridine rings is 1. The Morgan fingerprint density at radius 1 is 1.11 bits per heavy atom. The summed E-state index contributed by atoms with van der Waals surface area (Å²) in [6, 6.07) is 13.2. The van der Waals surface area contributed by atoms with Gasteiger partial charge in [0.2, 0.25) is 5.91 Å². The standard InChI is InChI=1S/C34H40F3N7O2S/c1-33(2,23-38)31-8-6-28(21-41-31)39-11-3-4-29-19-26-18-25(5-7-30(26)44(29)24-34(35,36)37)20-40-27-9-12-43(13-10-27)32(45)22-42-14-16-47(46)17-15-42/h5-8,18-19,21,27,39-40H,9-17,20,22,24H2,1-2H3. The van der Waals surface area contributed by atoms with Gasteiger partial charge >= 0.3 is 6.18 Å². The molecule has 1 amide bonds. The van der Waals surface area contributed by atoms with Crippen LogP contribution in [0, 0.1) is 23.2 Å². The number of carbonyl (C=O) groups excluding carboxylic acids is 1. The number of hydrogen-bond acceptors (Lipinski definition) is 7. The van der Waals surface area contributed by atoms with Crippen LogP contribution in [0.5, 0.6) is 0 Å². The van der Waals surface area contributed by atoms with Crippen molar-refractivity contribution in [1.29, 1.82) is 5.26 Å². The Bertz CT molecular complexity index is 1640. The number of amides is 1. The molecule has 2 aliphatic heterocycles. The maximum atomic E-state index is 13.5. The molecule has 3 aromatic rings. The van der Waals surface area contributed by atoms with Crippen LogP contribution < -0.4 is 10.6 Å². The van der Waals surface area contributed by atoms with Gasteiger partial charge in [0.1, 0.15) is 18.1 Å². The minimum atomic E-state index is -4.41. The van der Waals surface area contributed by atoms with Crippen LogP contribution >= 0.6 is 0 Å². The third-order valence-electron chi connectivity index (χ3n) is 8.66. The molecule has 2 fully saturated rings. The van der Waals surface area contributed by atoms with E-state index in [-0.39, 0.29) is 24.2 Å². The number of hydrogen-bond donors (Lipinski definition) is 2. The summed E-state index contributed by atoms with van der Waals surface area (Å²) in [7, 11) is 0. The number of alkyl halides is 3. The number of likely N-dealkylation sites (tertiary alicyclic amines) is 1. The van der Waals surface area contributed by atoms with E-state index in [1.165, 1.54) is 4.57 Å². The first kappa shape index (κ1) is 34.6. The van der Waals surface area contributed by atoms with E-state index in [1.54, 1.807) is 44.3 Å². The second-order valence-corrected chi connectivity index (χ2v) is 14.3. The van der Waals surface area contributed by atoms with E-state index in [1.807, 2.05) is 17.0 Å². The second kappa shape index (κ2) is 15.0. The predicted octanol–water partition coefficient (Wildman–Crippen LogP) is 4.01. The van der Waals surface area contributed by atoms with E-state index in [4.69, 9.17) is 0 Å². The number of nitrogens with one attached hydrogen (secondary N) is 2. The number of aromatic nitrogens is 2. The highest BCUT2D eigenvalue weighted by Gasteiger charge is 2.30. The van der Waals surface area contributed by atoms with Crippen molar-refractivity contribution in [2.75, 3.05) is 56.1 Å². The molecule has 0 aliphatic carbocycles. The molecule has 2 N–H and O–H groups in total. The minimum Gasteiger partial charge on any atom is -0.616 e. The minimum absolute atomic E-state index is 0.117. The first-order valence-electron chi connectivity index (χ1n) is 15.8. The Morgan fingerprint density at radius 3 is 2.51 bits per heavy atom. The Kier molecular flexibility index (Phi) is 11.0. The van der Waals surface area contributed by atoms with Crippen molar-refractivity contribution < 1.29 is 22.5 Å². The van der Waals surface area contributed by atoms with Crippen molar-refractivity contribution in [2.24, 2.45) is 0 Å². The molecule has 0 atom stereocenters. The molecule has 13 heteroatoms. The third kappa shape index (κ3) is 9.42. The normalized spacial score (nSPS) is 16.9. The fourth-order valence-electron chi connectivity index (χ4n) is 5.81. The van der Waals surface area contributed by atoms with Gasteiger partial charge in [0.15, 0.2) is 0 Å². The molecule has 2 saturated heterocycles. The lowest BCUT2D eigenvalue weighted by molar-refractivity contribution is -0.140. The molecule has 0 saturated carbocycles. The average Bonchev–Trinajstić information content (AvgIpc) is 3.38. The molecule has 0 radical (unpaired) electrons. The van der Waals surface area contributed by atoms with Crippen molar-refractivity contribution in [3.05, 3.63) is 59.5 Å². The van der Waals surface area contributed by atoms with E-state index in [9.17, 15) is 27.8 Å². The SMILES string of the molecule is CC(C)(C#N)c1ccc(NCC#Cc2cc3cc(CNC4CCN(C(=O)CN5CC[S+]([O-])CC5)CC4)ccc3n2CC(F)(F)F)cn1. The topological polar surface area (TPSA) is 112 Å². The van der Waals surface area contributed by atoms with Gasteiger partial charge in [-0.05, 0) is 68.5 Å². The molecular formula is C34H40F3N7O2S. The summed E-state index contributed by atoms with van der Waals surface area (Å²) >= 11 is -0.765. The number of nitriles is 1. The summed E-state index contributed by atoms with van der Waals surface area (Å²) in [5, 5.41) is 16.6. The second-order valence-electron chi connectivity index (χ2n) is 12.6. The Labute approximate surface area is 276 Å². The Hall–Kier alpha value is -3.75. The number of nitrogens with zero attached hydrogens (tertiary/aromatic N) is 5. The number of fused-ring (bicyclic) bond motifs is 1. The van der Waals surface area contributed by atoms with Crippen LogP contribution in [0.2, 0.25) is 0 Å². The van der Waals surface area contributed by atoms with Gasteiger partial charge in [-0.3, -0.25) is 14.7 Å².